The first-order chi connectivity index (χ1) is 19.2. The van der Waals surface area contributed by atoms with Crippen molar-refractivity contribution >= 4 is 44.2 Å². The van der Waals surface area contributed by atoms with Crippen LogP contribution >= 0.6 is 0 Å². The van der Waals surface area contributed by atoms with Crippen LogP contribution in [0.3, 0.4) is 0 Å². The van der Waals surface area contributed by atoms with Gasteiger partial charge >= 0.3 is 0 Å². The third-order valence-corrected chi connectivity index (χ3v) is 6.88. The fourth-order valence-electron chi connectivity index (χ4n) is 4.95. The minimum absolute atomic E-state index is 0.843. The van der Waals surface area contributed by atoms with Crippen LogP contribution in [-0.2, 0) is 0 Å². The molecule has 0 unspecified atom stereocenters. The molecule has 0 saturated heterocycles. The predicted molar refractivity (Wildman–Crippen MR) is 166 cm³/mol. The van der Waals surface area contributed by atoms with Crippen molar-refractivity contribution in [2.75, 3.05) is 4.90 Å². The molecule has 39 heavy (non-hydrogen) atoms. The first-order valence-corrected chi connectivity index (χ1v) is 12.9. The monoisotopic (exact) mass is 501 g/mol. The number of allylic oxidation sites excluding steroid dienone is 4. The molecular weight excluding hydrogens is 474 g/mol. The van der Waals surface area contributed by atoms with E-state index in [0.29, 0.717) is 0 Å². The Labute approximate surface area is 228 Å². The van der Waals surface area contributed by atoms with Crippen LogP contribution in [0.25, 0.3) is 38.4 Å². The Bertz CT molecular complexity index is 1820. The van der Waals surface area contributed by atoms with Crippen molar-refractivity contribution in [3.05, 3.63) is 159 Å². The Morgan fingerprint density at radius 1 is 0.615 bits per heavy atom. The molecule has 0 radical (unpaired) electrons. The molecule has 2 aromatic heterocycles. The van der Waals surface area contributed by atoms with E-state index in [1.165, 1.54) is 21.5 Å². The number of hydrogen-bond donors (Lipinski definition) is 0. The summed E-state index contributed by atoms with van der Waals surface area (Å²) in [5.41, 5.74) is 6.72. The van der Waals surface area contributed by atoms with E-state index in [9.17, 15) is 0 Å². The van der Waals surface area contributed by atoms with Gasteiger partial charge in [0.05, 0.1) is 35.2 Å². The fraction of sp³-hybridized carbons (Fsp3) is 0. The predicted octanol–water partition coefficient (Wildman–Crippen LogP) is 9.68. The topological polar surface area (TPSA) is 29.0 Å². The SMILES string of the molecule is C=C/C=C(\C=C)c1ccc(N(c2ccc(-c3ccccc3)nc2)c2ccc3ccc4ccccc4c3c2)cn1. The van der Waals surface area contributed by atoms with Gasteiger partial charge in [-0.25, -0.2) is 0 Å². The number of benzene rings is 4. The molecule has 186 valence electrons. The molecule has 0 saturated carbocycles. The first-order valence-electron chi connectivity index (χ1n) is 12.9. The zero-order valence-corrected chi connectivity index (χ0v) is 21.5. The number of nitrogens with zero attached hydrogens (tertiary/aromatic N) is 3. The van der Waals surface area contributed by atoms with E-state index in [1.807, 2.05) is 42.7 Å². The quantitative estimate of drug-likeness (QED) is 0.161. The van der Waals surface area contributed by atoms with Gasteiger partial charge in [-0.1, -0.05) is 104 Å². The standard InChI is InChI=1S/C36H27N3/c1-3-10-26(4-2)35-21-19-31(24-37-35)39(32-20-22-36(38-25-32)29-12-6-5-7-13-29)30-18-17-28-16-15-27-11-8-9-14-33(27)34(28)23-30/h3-25H,1-2H2/b26-10+. The summed E-state index contributed by atoms with van der Waals surface area (Å²) in [6.45, 7) is 7.73. The highest BCUT2D eigenvalue weighted by atomic mass is 15.2. The molecule has 3 heteroatoms. The van der Waals surface area contributed by atoms with E-state index in [0.717, 1.165) is 39.6 Å². The van der Waals surface area contributed by atoms with Gasteiger partial charge < -0.3 is 4.90 Å². The van der Waals surface area contributed by atoms with E-state index in [1.54, 1.807) is 12.2 Å². The smallest absolute Gasteiger partial charge is 0.0703 e. The van der Waals surface area contributed by atoms with Crippen molar-refractivity contribution in [2.24, 2.45) is 0 Å². The maximum absolute atomic E-state index is 4.82. The van der Waals surface area contributed by atoms with E-state index in [4.69, 9.17) is 9.97 Å². The number of fused-ring (bicyclic) bond motifs is 3. The molecule has 6 rings (SSSR count). The van der Waals surface area contributed by atoms with Crippen molar-refractivity contribution in [3.63, 3.8) is 0 Å². The highest BCUT2D eigenvalue weighted by Crippen LogP contribution is 2.38. The lowest BCUT2D eigenvalue weighted by Gasteiger charge is -2.25. The summed E-state index contributed by atoms with van der Waals surface area (Å²) in [5.74, 6) is 0. The lowest BCUT2D eigenvalue weighted by Crippen LogP contribution is -2.11. The zero-order chi connectivity index (χ0) is 26.6. The van der Waals surface area contributed by atoms with Crippen molar-refractivity contribution in [3.8, 4) is 11.3 Å². The van der Waals surface area contributed by atoms with Gasteiger partial charge in [-0.2, -0.15) is 0 Å². The van der Waals surface area contributed by atoms with E-state index in [-0.39, 0.29) is 0 Å². The normalized spacial score (nSPS) is 11.4. The van der Waals surface area contributed by atoms with Gasteiger partial charge in [0.1, 0.15) is 0 Å². The molecule has 0 bridgehead atoms. The summed E-state index contributed by atoms with van der Waals surface area (Å²) in [4.78, 5) is 11.8. The van der Waals surface area contributed by atoms with E-state index >= 15 is 0 Å². The van der Waals surface area contributed by atoms with E-state index < -0.39 is 0 Å². The molecule has 0 amide bonds. The minimum atomic E-state index is 0.843. The molecule has 0 N–H and O–H groups in total. The van der Waals surface area contributed by atoms with Crippen LogP contribution in [0.2, 0.25) is 0 Å². The van der Waals surface area contributed by atoms with Gasteiger partial charge in [-0.05, 0) is 63.5 Å². The van der Waals surface area contributed by atoms with Gasteiger partial charge in [0.25, 0.3) is 0 Å². The molecule has 0 fully saturated rings. The highest BCUT2D eigenvalue weighted by Gasteiger charge is 2.15. The molecule has 0 atom stereocenters. The third-order valence-electron chi connectivity index (χ3n) is 6.88. The lowest BCUT2D eigenvalue weighted by molar-refractivity contribution is 1.19. The summed E-state index contributed by atoms with van der Waals surface area (Å²) in [6, 6.07) is 38.0. The molecule has 0 spiro atoms. The largest absolute Gasteiger partial charge is 0.307 e. The van der Waals surface area contributed by atoms with Crippen LogP contribution in [-0.4, -0.2) is 9.97 Å². The molecule has 0 aliphatic carbocycles. The molecular formula is C36H27N3. The molecule has 2 heterocycles. The average Bonchev–Trinajstić information content (AvgIpc) is 3.01. The zero-order valence-electron chi connectivity index (χ0n) is 21.5. The van der Waals surface area contributed by atoms with Gasteiger partial charge in [0.2, 0.25) is 0 Å². The van der Waals surface area contributed by atoms with Crippen molar-refractivity contribution in [1.29, 1.82) is 0 Å². The Balaban J connectivity index is 1.49. The van der Waals surface area contributed by atoms with Crippen LogP contribution < -0.4 is 4.90 Å². The molecule has 6 aromatic rings. The van der Waals surface area contributed by atoms with Crippen LogP contribution in [0.15, 0.2) is 153 Å². The van der Waals surface area contributed by atoms with Crippen LogP contribution in [0, 0.1) is 0 Å². The number of hydrogen-bond acceptors (Lipinski definition) is 3. The van der Waals surface area contributed by atoms with E-state index in [2.05, 4.69) is 103 Å². The van der Waals surface area contributed by atoms with Crippen molar-refractivity contribution in [1.82, 2.24) is 9.97 Å². The summed E-state index contributed by atoms with van der Waals surface area (Å²) in [7, 11) is 0. The van der Waals surface area contributed by atoms with Crippen LogP contribution in [0.1, 0.15) is 5.69 Å². The Morgan fingerprint density at radius 2 is 1.28 bits per heavy atom. The number of anilines is 3. The maximum atomic E-state index is 4.82. The Morgan fingerprint density at radius 3 is 1.97 bits per heavy atom. The fourth-order valence-corrected chi connectivity index (χ4v) is 4.95. The van der Waals surface area contributed by atoms with Gasteiger partial charge in [-0.15, -0.1) is 0 Å². The van der Waals surface area contributed by atoms with Crippen LogP contribution in [0.5, 0.6) is 0 Å². The molecule has 0 aliphatic heterocycles. The number of rotatable bonds is 7. The molecule has 4 aromatic carbocycles. The third kappa shape index (κ3) is 4.74. The van der Waals surface area contributed by atoms with Gasteiger partial charge in [0, 0.05) is 11.3 Å². The average molecular weight is 502 g/mol. The lowest BCUT2D eigenvalue weighted by atomic mass is 10.0. The second-order valence-electron chi connectivity index (χ2n) is 9.26. The maximum Gasteiger partial charge on any atom is 0.0703 e. The summed E-state index contributed by atoms with van der Waals surface area (Å²) in [5, 5.41) is 4.86. The number of aromatic nitrogens is 2. The van der Waals surface area contributed by atoms with Gasteiger partial charge in [0.15, 0.2) is 0 Å². The van der Waals surface area contributed by atoms with Crippen molar-refractivity contribution in [2.45, 2.75) is 0 Å². The molecule has 0 aliphatic rings. The summed E-state index contributed by atoms with van der Waals surface area (Å²) < 4.78 is 0. The molecule has 3 nitrogen and oxygen atoms in total. The van der Waals surface area contributed by atoms with Crippen molar-refractivity contribution < 1.29 is 0 Å². The summed E-state index contributed by atoms with van der Waals surface area (Å²) >= 11 is 0. The highest BCUT2D eigenvalue weighted by molar-refractivity contribution is 6.08. The first kappa shape index (κ1) is 24.1. The second-order valence-corrected chi connectivity index (χ2v) is 9.26. The Hall–Kier alpha value is -5.28. The van der Waals surface area contributed by atoms with Crippen LogP contribution in [0.4, 0.5) is 17.1 Å². The second kappa shape index (κ2) is 10.6. The van der Waals surface area contributed by atoms with Gasteiger partial charge in [-0.3, -0.25) is 9.97 Å². The summed E-state index contributed by atoms with van der Waals surface area (Å²) in [6.07, 6.45) is 9.28. The Kier molecular flexibility index (Phi) is 6.55. The minimum Gasteiger partial charge on any atom is -0.307 e. The number of pyridine rings is 2.